The van der Waals surface area contributed by atoms with E-state index in [1.165, 1.54) is 75.4 Å². The molecule has 0 heterocycles. The Balaban J connectivity index is 0. The van der Waals surface area contributed by atoms with E-state index in [0.717, 1.165) is 0 Å². The van der Waals surface area contributed by atoms with Gasteiger partial charge in [-0.2, -0.15) is 0 Å². The molecule has 3 aromatic carbocycles. The molecule has 0 unspecified atom stereocenters. The van der Waals surface area contributed by atoms with Crippen molar-refractivity contribution in [2.45, 2.75) is 48.5 Å². The van der Waals surface area contributed by atoms with Crippen LogP contribution in [0.15, 0.2) is 54.6 Å². The molecule has 0 fully saturated rings. The van der Waals surface area contributed by atoms with Gasteiger partial charge in [0.25, 0.3) is 0 Å². The fourth-order valence-electron chi connectivity index (χ4n) is 1.74. The first-order valence-corrected chi connectivity index (χ1v) is 9.87. The van der Waals surface area contributed by atoms with Gasteiger partial charge in [0.05, 0.1) is 0 Å². The van der Waals surface area contributed by atoms with Gasteiger partial charge in [0, 0.05) is 16.7 Å². The lowest BCUT2D eigenvalue weighted by molar-refractivity contribution is 0.567. The molecule has 0 saturated heterocycles. The predicted octanol–water partition coefficient (Wildman–Crippen LogP) is 8.87. The first-order valence-electron chi connectivity index (χ1n) is 9.87. The molecule has 0 aliphatic rings. The summed E-state index contributed by atoms with van der Waals surface area (Å²) in [6.45, 7) is 12.2. The van der Waals surface area contributed by atoms with Crippen molar-refractivity contribution in [2.75, 3.05) is 0 Å². The fraction of sp³-hybridized carbons (Fsp3) is 0.280. The Morgan fingerprint density at radius 2 is 0.484 bits per heavy atom. The molecular formula is C25H30F6. The smallest absolute Gasteiger partial charge is 0.129 e. The maximum Gasteiger partial charge on any atom is 0.129 e. The SMILES string of the molecule is CC.CC.Cc1c(F)cccc1F.Cc1c(F)cccc1F.Cc1c(F)cccc1F. The molecule has 0 amide bonds. The van der Waals surface area contributed by atoms with Crippen LogP contribution in [-0.2, 0) is 0 Å². The molecule has 31 heavy (non-hydrogen) atoms. The van der Waals surface area contributed by atoms with E-state index in [1.807, 2.05) is 27.7 Å². The lowest BCUT2D eigenvalue weighted by atomic mass is 10.2. The van der Waals surface area contributed by atoms with Crippen LogP contribution in [0.3, 0.4) is 0 Å². The van der Waals surface area contributed by atoms with Gasteiger partial charge < -0.3 is 0 Å². The molecule has 0 bridgehead atoms. The van der Waals surface area contributed by atoms with E-state index in [1.54, 1.807) is 0 Å². The Bertz CT molecular complexity index is 713. The highest BCUT2D eigenvalue weighted by atomic mass is 19.2. The first kappa shape index (κ1) is 30.4. The molecule has 0 radical (unpaired) electrons. The lowest BCUT2D eigenvalue weighted by Gasteiger charge is -1.94. The van der Waals surface area contributed by atoms with Crippen LogP contribution in [-0.4, -0.2) is 0 Å². The van der Waals surface area contributed by atoms with Gasteiger partial charge in [-0.15, -0.1) is 0 Å². The van der Waals surface area contributed by atoms with Crippen LogP contribution < -0.4 is 0 Å². The van der Waals surface area contributed by atoms with Crippen molar-refractivity contribution < 1.29 is 26.3 Å². The van der Waals surface area contributed by atoms with Gasteiger partial charge in [0.1, 0.15) is 34.9 Å². The van der Waals surface area contributed by atoms with Crippen LogP contribution in [0.1, 0.15) is 44.4 Å². The summed E-state index contributed by atoms with van der Waals surface area (Å²) in [7, 11) is 0. The van der Waals surface area contributed by atoms with Crippen molar-refractivity contribution in [1.82, 2.24) is 0 Å². The van der Waals surface area contributed by atoms with Gasteiger partial charge in [-0.3, -0.25) is 0 Å². The molecule has 0 nitrogen and oxygen atoms in total. The summed E-state index contributed by atoms with van der Waals surface area (Å²) in [6.07, 6.45) is 0. The van der Waals surface area contributed by atoms with Crippen LogP contribution in [0.5, 0.6) is 0 Å². The van der Waals surface area contributed by atoms with E-state index in [-0.39, 0.29) is 16.7 Å². The molecule has 0 N–H and O–H groups in total. The first-order chi connectivity index (χ1) is 14.6. The molecular weight excluding hydrogens is 414 g/mol. The highest BCUT2D eigenvalue weighted by molar-refractivity contribution is 5.18. The van der Waals surface area contributed by atoms with Gasteiger partial charge in [-0.1, -0.05) is 45.9 Å². The molecule has 3 aromatic rings. The van der Waals surface area contributed by atoms with Crippen molar-refractivity contribution >= 4 is 0 Å². The van der Waals surface area contributed by atoms with Crippen LogP contribution in [0, 0.1) is 55.7 Å². The van der Waals surface area contributed by atoms with Crippen LogP contribution in [0.2, 0.25) is 0 Å². The van der Waals surface area contributed by atoms with Crippen LogP contribution in [0.4, 0.5) is 26.3 Å². The minimum Gasteiger partial charge on any atom is -0.207 e. The van der Waals surface area contributed by atoms with E-state index in [4.69, 9.17) is 0 Å². The second-order valence-corrected chi connectivity index (χ2v) is 5.54. The summed E-state index contributed by atoms with van der Waals surface area (Å²) in [4.78, 5) is 0. The Labute approximate surface area is 181 Å². The predicted molar refractivity (Wildman–Crippen MR) is 116 cm³/mol. The number of rotatable bonds is 0. The zero-order valence-corrected chi connectivity index (χ0v) is 19.0. The molecule has 0 aliphatic carbocycles. The molecule has 6 heteroatoms. The molecule has 0 aliphatic heterocycles. The third-order valence-electron chi connectivity index (χ3n) is 3.60. The van der Waals surface area contributed by atoms with Gasteiger partial charge >= 0.3 is 0 Å². The average Bonchev–Trinajstić information content (AvgIpc) is 2.78. The highest BCUT2D eigenvalue weighted by Crippen LogP contribution is 2.10. The van der Waals surface area contributed by atoms with Crippen molar-refractivity contribution in [3.63, 3.8) is 0 Å². The maximum absolute atomic E-state index is 12.3. The van der Waals surface area contributed by atoms with Gasteiger partial charge in [-0.25, -0.2) is 26.3 Å². The summed E-state index contributed by atoms with van der Waals surface area (Å²) >= 11 is 0. The zero-order chi connectivity index (χ0) is 24.6. The van der Waals surface area contributed by atoms with E-state index in [0.29, 0.717) is 0 Å². The number of benzene rings is 3. The molecule has 0 spiro atoms. The Morgan fingerprint density at radius 3 is 0.581 bits per heavy atom. The highest BCUT2D eigenvalue weighted by Gasteiger charge is 2.01. The van der Waals surface area contributed by atoms with Crippen molar-refractivity contribution in [3.8, 4) is 0 Å². The molecule has 172 valence electrons. The monoisotopic (exact) mass is 444 g/mol. The molecule has 0 saturated carbocycles. The standard InChI is InChI=1S/3C7H6F2.2C2H6/c3*1-5-6(8)3-2-4-7(5)9;2*1-2/h3*2-4H,1H3;2*1-2H3. The Hall–Kier alpha value is -2.76. The van der Waals surface area contributed by atoms with Crippen molar-refractivity contribution in [3.05, 3.63) is 106 Å². The van der Waals surface area contributed by atoms with Gasteiger partial charge in [-0.05, 0) is 57.2 Å². The second kappa shape index (κ2) is 17.0. The van der Waals surface area contributed by atoms with E-state index in [9.17, 15) is 26.3 Å². The number of hydrogen-bond acceptors (Lipinski definition) is 0. The summed E-state index contributed by atoms with van der Waals surface area (Å²) < 4.78 is 74.0. The molecule has 0 aromatic heterocycles. The molecule has 0 atom stereocenters. The summed E-state index contributed by atoms with van der Waals surface area (Å²) in [6, 6.07) is 11.4. The van der Waals surface area contributed by atoms with E-state index >= 15 is 0 Å². The fourth-order valence-corrected chi connectivity index (χ4v) is 1.74. The minimum absolute atomic E-state index is 0.0810. The third kappa shape index (κ3) is 11.3. The van der Waals surface area contributed by atoms with Crippen molar-refractivity contribution in [2.24, 2.45) is 0 Å². The summed E-state index contributed by atoms with van der Waals surface area (Å²) in [5, 5.41) is 0. The summed E-state index contributed by atoms with van der Waals surface area (Å²) in [5.74, 6) is -2.94. The average molecular weight is 445 g/mol. The quantitative estimate of drug-likeness (QED) is 0.304. The maximum atomic E-state index is 12.3. The lowest BCUT2D eigenvalue weighted by Crippen LogP contribution is -1.85. The van der Waals surface area contributed by atoms with E-state index < -0.39 is 34.9 Å². The van der Waals surface area contributed by atoms with Gasteiger partial charge in [0.2, 0.25) is 0 Å². The summed E-state index contributed by atoms with van der Waals surface area (Å²) in [5.41, 5.74) is 0.243. The van der Waals surface area contributed by atoms with E-state index in [2.05, 4.69) is 0 Å². The zero-order valence-electron chi connectivity index (χ0n) is 19.0. The molecule has 3 rings (SSSR count). The third-order valence-corrected chi connectivity index (χ3v) is 3.60. The van der Waals surface area contributed by atoms with Crippen molar-refractivity contribution in [1.29, 1.82) is 0 Å². The second-order valence-electron chi connectivity index (χ2n) is 5.54. The normalized spacial score (nSPS) is 8.81. The van der Waals surface area contributed by atoms with Crippen LogP contribution >= 0.6 is 0 Å². The Morgan fingerprint density at radius 1 is 0.355 bits per heavy atom. The number of halogens is 6. The number of hydrogen-bond donors (Lipinski definition) is 0. The topological polar surface area (TPSA) is 0 Å². The van der Waals surface area contributed by atoms with Crippen LogP contribution in [0.25, 0.3) is 0 Å². The largest absolute Gasteiger partial charge is 0.207 e. The Kier molecular flexibility index (Phi) is 16.7. The minimum atomic E-state index is -0.491. The van der Waals surface area contributed by atoms with Gasteiger partial charge in [0.15, 0.2) is 0 Å².